The Balaban J connectivity index is 2.95. The van der Waals surface area contributed by atoms with Gasteiger partial charge in [-0.25, -0.2) is 21.6 Å². The molecular formula is C13H21ClN2O4S2. The SMILES string of the molecule is CCCS(=O)(=O)NCCN(c1cccc(Cl)c1C)S(C)(=O)=O. The fourth-order valence-corrected chi connectivity index (χ4v) is 4.21. The molecule has 0 aliphatic rings. The van der Waals surface area contributed by atoms with Gasteiger partial charge in [-0.3, -0.25) is 4.31 Å². The Morgan fingerprint density at radius 2 is 1.86 bits per heavy atom. The summed E-state index contributed by atoms with van der Waals surface area (Å²) >= 11 is 6.02. The maximum Gasteiger partial charge on any atom is 0.232 e. The van der Waals surface area contributed by atoms with Crippen molar-refractivity contribution in [1.82, 2.24) is 4.72 Å². The maximum absolute atomic E-state index is 12.0. The van der Waals surface area contributed by atoms with Crippen LogP contribution in [0.25, 0.3) is 0 Å². The van der Waals surface area contributed by atoms with Crippen molar-refractivity contribution in [2.24, 2.45) is 0 Å². The minimum atomic E-state index is -3.55. The molecule has 1 rings (SSSR count). The molecule has 1 aromatic carbocycles. The number of nitrogens with one attached hydrogen (secondary N) is 1. The summed E-state index contributed by atoms with van der Waals surface area (Å²) in [5, 5.41) is 0.456. The highest BCUT2D eigenvalue weighted by Gasteiger charge is 2.20. The summed E-state index contributed by atoms with van der Waals surface area (Å²) in [4.78, 5) is 0. The van der Waals surface area contributed by atoms with Gasteiger partial charge in [-0.15, -0.1) is 0 Å². The highest BCUT2D eigenvalue weighted by Crippen LogP contribution is 2.27. The second kappa shape index (κ2) is 7.63. The number of benzene rings is 1. The van der Waals surface area contributed by atoms with Gasteiger partial charge in [0.05, 0.1) is 17.7 Å². The number of anilines is 1. The van der Waals surface area contributed by atoms with Crippen LogP contribution in [0.4, 0.5) is 5.69 Å². The highest BCUT2D eigenvalue weighted by molar-refractivity contribution is 7.92. The van der Waals surface area contributed by atoms with Gasteiger partial charge in [0.25, 0.3) is 0 Å². The van der Waals surface area contributed by atoms with Crippen molar-refractivity contribution >= 4 is 37.3 Å². The Bertz CT molecular complexity index is 718. The molecule has 0 fully saturated rings. The van der Waals surface area contributed by atoms with E-state index in [0.717, 1.165) is 10.6 Å². The molecule has 0 aromatic heterocycles. The lowest BCUT2D eigenvalue weighted by molar-refractivity contribution is 0.577. The smallest absolute Gasteiger partial charge is 0.232 e. The summed E-state index contributed by atoms with van der Waals surface area (Å²) in [7, 11) is -6.92. The molecule has 1 aromatic rings. The quantitative estimate of drug-likeness (QED) is 0.757. The summed E-state index contributed by atoms with van der Waals surface area (Å²) in [6.45, 7) is 3.48. The minimum absolute atomic E-state index is 0.00135. The first-order chi connectivity index (χ1) is 10.1. The molecule has 6 nitrogen and oxygen atoms in total. The molecular weight excluding hydrogens is 348 g/mol. The molecule has 0 bridgehead atoms. The maximum atomic E-state index is 12.0. The molecule has 0 saturated carbocycles. The van der Waals surface area contributed by atoms with Gasteiger partial charge in [-0.05, 0) is 31.0 Å². The molecule has 0 heterocycles. The van der Waals surface area contributed by atoms with Crippen molar-refractivity contribution < 1.29 is 16.8 Å². The lowest BCUT2D eigenvalue weighted by Gasteiger charge is -2.24. The van der Waals surface area contributed by atoms with E-state index in [1.165, 1.54) is 0 Å². The molecule has 0 amide bonds. The van der Waals surface area contributed by atoms with E-state index in [1.54, 1.807) is 32.0 Å². The second-order valence-corrected chi connectivity index (χ2v) is 9.17. The van der Waals surface area contributed by atoms with Crippen molar-refractivity contribution in [2.75, 3.05) is 29.4 Å². The van der Waals surface area contributed by atoms with Crippen LogP contribution >= 0.6 is 11.6 Å². The van der Waals surface area contributed by atoms with Gasteiger partial charge in [-0.2, -0.15) is 0 Å². The molecule has 1 N–H and O–H groups in total. The van der Waals surface area contributed by atoms with E-state index in [0.29, 0.717) is 22.7 Å². The summed E-state index contributed by atoms with van der Waals surface area (Å²) in [6.07, 6.45) is 1.58. The van der Waals surface area contributed by atoms with E-state index in [-0.39, 0.29) is 18.8 Å². The molecule has 0 aliphatic heterocycles. The number of halogens is 1. The molecule has 0 unspecified atom stereocenters. The van der Waals surface area contributed by atoms with E-state index in [9.17, 15) is 16.8 Å². The summed E-state index contributed by atoms with van der Waals surface area (Å²) in [5.41, 5.74) is 1.08. The highest BCUT2D eigenvalue weighted by atomic mass is 35.5. The molecule has 0 saturated heterocycles. The standard InChI is InChI=1S/C13H21ClN2O4S2/c1-4-10-22(19,20)15-8-9-16(21(3,17)18)13-7-5-6-12(14)11(13)2/h5-7,15H,4,8-10H2,1-3H3. The first-order valence-electron chi connectivity index (χ1n) is 6.78. The van der Waals surface area contributed by atoms with Crippen molar-refractivity contribution in [1.29, 1.82) is 0 Å². The molecule has 0 atom stereocenters. The Kier molecular flexibility index (Phi) is 6.66. The molecule has 9 heteroatoms. The van der Waals surface area contributed by atoms with E-state index in [1.807, 2.05) is 0 Å². The van der Waals surface area contributed by atoms with Crippen LogP contribution in [0.1, 0.15) is 18.9 Å². The van der Waals surface area contributed by atoms with E-state index in [2.05, 4.69) is 4.72 Å². The van der Waals surface area contributed by atoms with Crippen LogP contribution in [-0.2, 0) is 20.0 Å². The van der Waals surface area contributed by atoms with E-state index in [4.69, 9.17) is 11.6 Å². The van der Waals surface area contributed by atoms with Crippen LogP contribution < -0.4 is 9.03 Å². The first-order valence-corrected chi connectivity index (χ1v) is 10.7. The third-order valence-corrected chi connectivity index (χ3v) is 6.20. The van der Waals surface area contributed by atoms with Gasteiger partial charge in [-0.1, -0.05) is 24.6 Å². The average Bonchev–Trinajstić information content (AvgIpc) is 2.37. The molecule has 0 radical (unpaired) electrons. The number of rotatable bonds is 8. The normalized spacial score (nSPS) is 12.4. The van der Waals surface area contributed by atoms with Crippen molar-refractivity contribution in [3.8, 4) is 0 Å². The first kappa shape index (κ1) is 19.2. The zero-order valence-corrected chi connectivity index (χ0v) is 15.2. The zero-order chi connectivity index (χ0) is 17.0. The fraction of sp³-hybridized carbons (Fsp3) is 0.538. The fourth-order valence-electron chi connectivity index (χ4n) is 1.97. The third-order valence-electron chi connectivity index (χ3n) is 3.02. The Hall–Kier alpha value is -0.830. The van der Waals surface area contributed by atoms with Crippen LogP contribution in [0.3, 0.4) is 0 Å². The Labute approximate surface area is 137 Å². The molecule has 22 heavy (non-hydrogen) atoms. The van der Waals surface area contributed by atoms with E-state index >= 15 is 0 Å². The number of hydrogen-bond donors (Lipinski definition) is 1. The number of hydrogen-bond acceptors (Lipinski definition) is 4. The van der Waals surface area contributed by atoms with Crippen molar-refractivity contribution in [3.05, 3.63) is 28.8 Å². The Morgan fingerprint density at radius 3 is 2.41 bits per heavy atom. The van der Waals surface area contributed by atoms with Gasteiger partial charge >= 0.3 is 0 Å². The lowest BCUT2D eigenvalue weighted by Crippen LogP contribution is -2.39. The van der Waals surface area contributed by atoms with Crippen LogP contribution in [0.2, 0.25) is 5.02 Å². The van der Waals surface area contributed by atoms with Gasteiger partial charge in [0.2, 0.25) is 20.0 Å². The van der Waals surface area contributed by atoms with Gasteiger partial charge in [0.1, 0.15) is 0 Å². The number of nitrogens with zero attached hydrogens (tertiary/aromatic N) is 1. The van der Waals surface area contributed by atoms with Crippen LogP contribution in [0.15, 0.2) is 18.2 Å². The molecule has 0 spiro atoms. The lowest BCUT2D eigenvalue weighted by atomic mass is 10.2. The Morgan fingerprint density at radius 1 is 1.23 bits per heavy atom. The predicted molar refractivity (Wildman–Crippen MR) is 90.5 cm³/mol. The average molecular weight is 369 g/mol. The topological polar surface area (TPSA) is 83.6 Å². The zero-order valence-electron chi connectivity index (χ0n) is 12.8. The van der Waals surface area contributed by atoms with E-state index < -0.39 is 20.0 Å². The monoisotopic (exact) mass is 368 g/mol. The summed E-state index contributed by atoms with van der Waals surface area (Å²) in [5.74, 6) is 0.0159. The minimum Gasteiger partial charge on any atom is -0.269 e. The largest absolute Gasteiger partial charge is 0.269 e. The second-order valence-electron chi connectivity index (χ2n) is 4.93. The van der Waals surface area contributed by atoms with Gasteiger partial charge in [0, 0.05) is 18.1 Å². The van der Waals surface area contributed by atoms with Gasteiger partial charge < -0.3 is 0 Å². The third kappa shape index (κ3) is 5.42. The predicted octanol–water partition coefficient (Wildman–Crippen LogP) is 1.74. The molecule has 126 valence electrons. The molecule has 0 aliphatic carbocycles. The van der Waals surface area contributed by atoms with Gasteiger partial charge in [0.15, 0.2) is 0 Å². The van der Waals surface area contributed by atoms with Crippen molar-refractivity contribution in [3.63, 3.8) is 0 Å². The van der Waals surface area contributed by atoms with Crippen LogP contribution in [-0.4, -0.2) is 41.9 Å². The van der Waals surface area contributed by atoms with Crippen LogP contribution in [0, 0.1) is 6.92 Å². The summed E-state index contributed by atoms with van der Waals surface area (Å²) in [6, 6.07) is 4.97. The van der Waals surface area contributed by atoms with Crippen LogP contribution in [0.5, 0.6) is 0 Å². The van der Waals surface area contributed by atoms with Crippen molar-refractivity contribution in [2.45, 2.75) is 20.3 Å². The summed E-state index contributed by atoms with van der Waals surface area (Å²) < 4.78 is 50.8. The number of sulfonamides is 2.